The van der Waals surface area contributed by atoms with Crippen LogP contribution in [0.15, 0.2) is 30.3 Å². The predicted molar refractivity (Wildman–Crippen MR) is 53.7 cm³/mol. The highest BCUT2D eigenvalue weighted by atomic mass is 19.4. The summed E-state index contributed by atoms with van der Waals surface area (Å²) in [6.45, 7) is 1.64. The van der Waals surface area contributed by atoms with Crippen molar-refractivity contribution in [1.29, 1.82) is 0 Å². The van der Waals surface area contributed by atoms with Gasteiger partial charge in [0.05, 0.1) is 6.04 Å². The van der Waals surface area contributed by atoms with Crippen LogP contribution in [0.4, 0.5) is 13.2 Å². The average Bonchev–Trinajstić information content (AvgIpc) is 2.16. The molecule has 0 aliphatic carbocycles. The van der Waals surface area contributed by atoms with E-state index in [0.717, 1.165) is 5.56 Å². The molecule has 88 valence electrons. The molecule has 5 heteroatoms. The zero-order valence-corrected chi connectivity index (χ0v) is 8.71. The molecule has 1 rings (SSSR count). The van der Waals surface area contributed by atoms with Crippen molar-refractivity contribution in [2.75, 3.05) is 0 Å². The van der Waals surface area contributed by atoms with Gasteiger partial charge in [0, 0.05) is 0 Å². The minimum atomic E-state index is -4.46. The lowest BCUT2D eigenvalue weighted by Gasteiger charge is -2.14. The maximum absolute atomic E-state index is 11.9. The number of alkyl halides is 3. The van der Waals surface area contributed by atoms with Gasteiger partial charge in [-0.3, -0.25) is 4.79 Å². The van der Waals surface area contributed by atoms with Gasteiger partial charge < -0.3 is 5.32 Å². The number of benzene rings is 1. The van der Waals surface area contributed by atoms with E-state index in [-0.39, 0.29) is 0 Å². The lowest BCUT2D eigenvalue weighted by molar-refractivity contribution is -0.154. The second-order valence-electron chi connectivity index (χ2n) is 3.49. The molecule has 1 amide bonds. The van der Waals surface area contributed by atoms with Crippen molar-refractivity contribution in [3.05, 3.63) is 35.9 Å². The first-order chi connectivity index (χ1) is 7.38. The summed E-state index contributed by atoms with van der Waals surface area (Å²) in [6, 6.07) is 8.41. The zero-order chi connectivity index (χ0) is 12.2. The Balaban J connectivity index is 2.52. The van der Waals surface area contributed by atoms with Gasteiger partial charge in [0.15, 0.2) is 0 Å². The number of halogens is 3. The normalized spacial score (nSPS) is 13.2. The first-order valence-electron chi connectivity index (χ1n) is 4.79. The Morgan fingerprint density at radius 2 is 1.88 bits per heavy atom. The summed E-state index contributed by atoms with van der Waals surface area (Å²) in [6.07, 6.45) is -5.90. The zero-order valence-electron chi connectivity index (χ0n) is 8.71. The third kappa shape index (κ3) is 4.33. The average molecular weight is 231 g/mol. The van der Waals surface area contributed by atoms with Gasteiger partial charge in [-0.25, -0.2) is 0 Å². The maximum atomic E-state index is 11.9. The molecule has 0 aliphatic heterocycles. The first kappa shape index (κ1) is 12.5. The first-order valence-corrected chi connectivity index (χ1v) is 4.79. The number of nitrogens with one attached hydrogen (secondary N) is 1. The van der Waals surface area contributed by atoms with Crippen LogP contribution >= 0.6 is 0 Å². The molecule has 0 saturated heterocycles. The minimum absolute atomic E-state index is 0.420. The third-order valence-electron chi connectivity index (χ3n) is 2.04. The fraction of sp³-hybridized carbons (Fsp3) is 0.364. The third-order valence-corrected chi connectivity index (χ3v) is 2.04. The lowest BCUT2D eigenvalue weighted by Crippen LogP contribution is -2.30. The SMILES string of the molecule is CC(NC(=O)CC(F)(F)F)c1ccccc1. The number of carbonyl (C=O) groups is 1. The molecule has 1 aromatic carbocycles. The molecular formula is C11H12F3NO. The van der Waals surface area contributed by atoms with Crippen LogP contribution in [-0.2, 0) is 4.79 Å². The number of rotatable bonds is 3. The van der Waals surface area contributed by atoms with Gasteiger partial charge in [-0.15, -0.1) is 0 Å². The van der Waals surface area contributed by atoms with E-state index in [9.17, 15) is 18.0 Å². The topological polar surface area (TPSA) is 29.1 Å². The Labute approximate surface area is 91.5 Å². The van der Waals surface area contributed by atoms with E-state index in [4.69, 9.17) is 0 Å². The van der Waals surface area contributed by atoms with Crippen LogP contribution in [-0.4, -0.2) is 12.1 Å². The number of amides is 1. The van der Waals surface area contributed by atoms with Crippen LogP contribution in [0.25, 0.3) is 0 Å². The smallest absolute Gasteiger partial charge is 0.349 e. The lowest BCUT2D eigenvalue weighted by atomic mass is 10.1. The predicted octanol–water partition coefficient (Wildman–Crippen LogP) is 2.82. The van der Waals surface area contributed by atoms with Crippen molar-refractivity contribution in [1.82, 2.24) is 5.32 Å². The second kappa shape index (κ2) is 5.01. The fourth-order valence-corrected chi connectivity index (χ4v) is 1.30. The minimum Gasteiger partial charge on any atom is -0.349 e. The van der Waals surface area contributed by atoms with Gasteiger partial charge in [0.1, 0.15) is 6.42 Å². The molecule has 0 radical (unpaired) electrons. The van der Waals surface area contributed by atoms with Crippen LogP contribution in [0.1, 0.15) is 24.9 Å². The monoisotopic (exact) mass is 231 g/mol. The summed E-state index contributed by atoms with van der Waals surface area (Å²) in [5.74, 6) is -1.01. The van der Waals surface area contributed by atoms with E-state index >= 15 is 0 Å². The van der Waals surface area contributed by atoms with Crippen LogP contribution in [0.5, 0.6) is 0 Å². The highest BCUT2D eigenvalue weighted by Crippen LogP contribution is 2.20. The Bertz CT molecular complexity index is 348. The van der Waals surface area contributed by atoms with Gasteiger partial charge in [0.25, 0.3) is 0 Å². The van der Waals surface area contributed by atoms with E-state index in [2.05, 4.69) is 5.32 Å². The van der Waals surface area contributed by atoms with Gasteiger partial charge in [0.2, 0.25) is 5.91 Å². The van der Waals surface area contributed by atoms with Gasteiger partial charge in [-0.1, -0.05) is 30.3 Å². The summed E-state index contributed by atoms with van der Waals surface area (Å²) in [5.41, 5.74) is 0.776. The Morgan fingerprint density at radius 3 is 2.38 bits per heavy atom. The molecule has 1 unspecified atom stereocenters. The van der Waals surface area contributed by atoms with Crippen molar-refractivity contribution in [2.45, 2.75) is 25.6 Å². The van der Waals surface area contributed by atoms with Crippen molar-refractivity contribution >= 4 is 5.91 Å². The molecule has 1 atom stereocenters. The Kier molecular flexibility index (Phi) is 3.93. The highest BCUT2D eigenvalue weighted by Gasteiger charge is 2.31. The highest BCUT2D eigenvalue weighted by molar-refractivity contribution is 5.77. The van der Waals surface area contributed by atoms with Crippen molar-refractivity contribution in [3.8, 4) is 0 Å². The molecular weight excluding hydrogens is 219 g/mol. The molecule has 2 nitrogen and oxygen atoms in total. The maximum Gasteiger partial charge on any atom is 0.397 e. The largest absolute Gasteiger partial charge is 0.397 e. The quantitative estimate of drug-likeness (QED) is 0.851. The summed E-state index contributed by atoms with van der Waals surface area (Å²) >= 11 is 0. The number of hydrogen-bond acceptors (Lipinski definition) is 1. The molecule has 16 heavy (non-hydrogen) atoms. The standard InChI is InChI=1S/C11H12F3NO/c1-8(9-5-3-2-4-6-9)15-10(16)7-11(12,13)14/h2-6,8H,7H2,1H3,(H,15,16). The number of carbonyl (C=O) groups excluding carboxylic acids is 1. The van der Waals surface area contributed by atoms with Crippen LogP contribution < -0.4 is 5.32 Å². The Hall–Kier alpha value is -1.52. The van der Waals surface area contributed by atoms with Crippen LogP contribution in [0, 0.1) is 0 Å². The molecule has 1 N–H and O–H groups in total. The van der Waals surface area contributed by atoms with Crippen molar-refractivity contribution in [3.63, 3.8) is 0 Å². The van der Waals surface area contributed by atoms with Crippen molar-refractivity contribution < 1.29 is 18.0 Å². The van der Waals surface area contributed by atoms with E-state index in [1.807, 2.05) is 0 Å². The van der Waals surface area contributed by atoms with E-state index in [1.54, 1.807) is 37.3 Å². The van der Waals surface area contributed by atoms with Crippen LogP contribution in [0.2, 0.25) is 0 Å². The second-order valence-corrected chi connectivity index (χ2v) is 3.49. The number of hydrogen-bond donors (Lipinski definition) is 1. The van der Waals surface area contributed by atoms with E-state index in [0.29, 0.717) is 0 Å². The molecule has 0 spiro atoms. The molecule has 1 aromatic rings. The molecule has 0 bridgehead atoms. The molecule has 0 aliphatic rings. The summed E-state index contributed by atoms with van der Waals surface area (Å²) in [7, 11) is 0. The molecule has 0 heterocycles. The van der Waals surface area contributed by atoms with E-state index < -0.39 is 24.5 Å². The van der Waals surface area contributed by atoms with Gasteiger partial charge >= 0.3 is 6.18 Å². The molecule has 0 fully saturated rings. The summed E-state index contributed by atoms with van der Waals surface area (Å²) in [5, 5.41) is 2.29. The van der Waals surface area contributed by atoms with Gasteiger partial charge in [-0.05, 0) is 12.5 Å². The summed E-state index contributed by atoms with van der Waals surface area (Å²) in [4.78, 5) is 11.0. The van der Waals surface area contributed by atoms with Crippen molar-refractivity contribution in [2.24, 2.45) is 0 Å². The van der Waals surface area contributed by atoms with Gasteiger partial charge in [-0.2, -0.15) is 13.2 Å². The Morgan fingerprint density at radius 1 is 1.31 bits per heavy atom. The van der Waals surface area contributed by atoms with Crippen LogP contribution in [0.3, 0.4) is 0 Å². The summed E-state index contributed by atoms with van der Waals surface area (Å²) < 4.78 is 35.7. The molecule has 0 aromatic heterocycles. The molecule has 0 saturated carbocycles. The fourth-order valence-electron chi connectivity index (χ4n) is 1.30. The van der Waals surface area contributed by atoms with E-state index in [1.165, 1.54) is 0 Å².